The average Bonchev–Trinajstić information content (AvgIpc) is 2.47. The minimum atomic E-state index is -0.802. The molecule has 1 saturated heterocycles. The van der Waals surface area contributed by atoms with Gasteiger partial charge in [-0.2, -0.15) is 0 Å². The van der Waals surface area contributed by atoms with Crippen LogP contribution in [0.15, 0.2) is 18.2 Å². The molecule has 22 heavy (non-hydrogen) atoms. The van der Waals surface area contributed by atoms with Crippen molar-refractivity contribution in [2.24, 2.45) is 11.3 Å². The standard InChI is InChI=1S/C18H25F2NO/c1-18(2,3)17(22)21-10-4-5-14(12-21)7-6-13-8-9-15(19)16(20)11-13/h8-9,11,14H,4-7,10,12H2,1-3H3/t14-/m1/s1. The van der Waals surface area contributed by atoms with Crippen LogP contribution >= 0.6 is 0 Å². The Morgan fingerprint density at radius 3 is 2.64 bits per heavy atom. The summed E-state index contributed by atoms with van der Waals surface area (Å²) in [5.41, 5.74) is 0.472. The van der Waals surface area contributed by atoms with Crippen molar-refractivity contribution in [2.75, 3.05) is 13.1 Å². The van der Waals surface area contributed by atoms with E-state index < -0.39 is 11.6 Å². The molecule has 0 aromatic heterocycles. The molecule has 2 rings (SSSR count). The van der Waals surface area contributed by atoms with Gasteiger partial charge in [0.2, 0.25) is 5.91 Å². The van der Waals surface area contributed by atoms with E-state index in [1.807, 2.05) is 25.7 Å². The summed E-state index contributed by atoms with van der Waals surface area (Å²) in [5, 5.41) is 0. The lowest BCUT2D eigenvalue weighted by Crippen LogP contribution is -2.45. The van der Waals surface area contributed by atoms with E-state index in [1.54, 1.807) is 6.07 Å². The zero-order chi connectivity index (χ0) is 16.3. The van der Waals surface area contributed by atoms with Crippen LogP contribution in [0.3, 0.4) is 0 Å². The summed E-state index contributed by atoms with van der Waals surface area (Å²) in [5.74, 6) is -0.952. The second kappa shape index (κ2) is 6.76. The van der Waals surface area contributed by atoms with Gasteiger partial charge in [-0.25, -0.2) is 8.78 Å². The molecule has 0 spiro atoms. The third kappa shape index (κ3) is 4.28. The van der Waals surface area contributed by atoms with Crippen LogP contribution in [0.2, 0.25) is 0 Å². The number of likely N-dealkylation sites (tertiary alicyclic amines) is 1. The molecule has 0 aliphatic carbocycles. The molecule has 0 bridgehead atoms. The second-order valence-corrected chi connectivity index (χ2v) is 7.30. The highest BCUT2D eigenvalue weighted by Crippen LogP contribution is 2.26. The zero-order valence-corrected chi connectivity index (χ0v) is 13.7. The first-order chi connectivity index (χ1) is 10.3. The van der Waals surface area contributed by atoms with Gasteiger partial charge >= 0.3 is 0 Å². The van der Waals surface area contributed by atoms with Crippen LogP contribution in [0.4, 0.5) is 8.78 Å². The number of nitrogens with zero attached hydrogens (tertiary/aromatic N) is 1. The summed E-state index contributed by atoms with van der Waals surface area (Å²) in [7, 11) is 0. The van der Waals surface area contributed by atoms with Gasteiger partial charge < -0.3 is 4.90 Å². The molecule has 0 radical (unpaired) electrons. The maximum atomic E-state index is 13.2. The molecule has 1 heterocycles. The molecule has 2 nitrogen and oxygen atoms in total. The third-order valence-corrected chi connectivity index (χ3v) is 4.27. The van der Waals surface area contributed by atoms with E-state index in [0.717, 1.165) is 44.3 Å². The molecule has 1 aromatic carbocycles. The largest absolute Gasteiger partial charge is 0.342 e. The average molecular weight is 309 g/mol. The minimum absolute atomic E-state index is 0.199. The van der Waals surface area contributed by atoms with Crippen molar-refractivity contribution in [1.29, 1.82) is 0 Å². The number of amides is 1. The van der Waals surface area contributed by atoms with Crippen molar-refractivity contribution in [3.05, 3.63) is 35.4 Å². The van der Waals surface area contributed by atoms with Gasteiger partial charge in [-0.15, -0.1) is 0 Å². The molecule has 1 fully saturated rings. The van der Waals surface area contributed by atoms with E-state index in [2.05, 4.69) is 0 Å². The van der Waals surface area contributed by atoms with Gasteiger partial charge in [0.15, 0.2) is 11.6 Å². The number of benzene rings is 1. The molecule has 1 aliphatic rings. The molecule has 0 unspecified atom stereocenters. The topological polar surface area (TPSA) is 20.3 Å². The number of piperidine rings is 1. The summed E-state index contributed by atoms with van der Waals surface area (Å²) >= 11 is 0. The number of carbonyl (C=O) groups is 1. The number of rotatable bonds is 3. The summed E-state index contributed by atoms with van der Waals surface area (Å²) < 4.78 is 26.1. The second-order valence-electron chi connectivity index (χ2n) is 7.30. The van der Waals surface area contributed by atoms with Crippen LogP contribution in [-0.4, -0.2) is 23.9 Å². The monoisotopic (exact) mass is 309 g/mol. The minimum Gasteiger partial charge on any atom is -0.342 e. The Balaban J connectivity index is 1.90. The highest BCUT2D eigenvalue weighted by Gasteiger charge is 2.30. The molecule has 122 valence electrons. The highest BCUT2D eigenvalue weighted by molar-refractivity contribution is 5.81. The quantitative estimate of drug-likeness (QED) is 0.820. The number of halogens is 2. The number of carbonyl (C=O) groups excluding carboxylic acids is 1. The fraction of sp³-hybridized carbons (Fsp3) is 0.611. The Bertz CT molecular complexity index is 536. The molecule has 0 saturated carbocycles. The predicted octanol–water partition coefficient (Wildman–Crippen LogP) is 4.18. The smallest absolute Gasteiger partial charge is 0.227 e. The van der Waals surface area contributed by atoms with E-state index in [4.69, 9.17) is 0 Å². The molecule has 1 atom stereocenters. The fourth-order valence-electron chi connectivity index (χ4n) is 3.03. The van der Waals surface area contributed by atoms with E-state index in [1.165, 1.54) is 12.1 Å². The fourth-order valence-corrected chi connectivity index (χ4v) is 3.03. The molecule has 1 aromatic rings. The Morgan fingerprint density at radius 2 is 2.00 bits per heavy atom. The highest BCUT2D eigenvalue weighted by atomic mass is 19.2. The Kier molecular flexibility index (Phi) is 5.20. The number of aryl methyl sites for hydroxylation is 1. The lowest BCUT2D eigenvalue weighted by Gasteiger charge is -2.36. The summed E-state index contributed by atoms with van der Waals surface area (Å²) in [6, 6.07) is 4.09. The van der Waals surface area contributed by atoms with Crippen LogP contribution in [0, 0.1) is 23.0 Å². The Labute approximate surface area is 131 Å². The molecular weight excluding hydrogens is 284 g/mol. The molecule has 1 aliphatic heterocycles. The first-order valence-electron chi connectivity index (χ1n) is 8.00. The molecule has 0 N–H and O–H groups in total. The Hall–Kier alpha value is -1.45. The third-order valence-electron chi connectivity index (χ3n) is 4.27. The molecule has 4 heteroatoms. The first kappa shape index (κ1) is 16.9. The normalized spacial score (nSPS) is 19.3. The van der Waals surface area contributed by atoms with Gasteiger partial charge in [-0.1, -0.05) is 26.8 Å². The van der Waals surface area contributed by atoms with Gasteiger partial charge in [-0.05, 0) is 49.3 Å². The number of hydrogen-bond donors (Lipinski definition) is 0. The van der Waals surface area contributed by atoms with E-state index in [9.17, 15) is 13.6 Å². The summed E-state index contributed by atoms with van der Waals surface area (Å²) in [6.07, 6.45) is 3.74. The summed E-state index contributed by atoms with van der Waals surface area (Å²) in [6.45, 7) is 7.44. The van der Waals surface area contributed by atoms with Crippen LogP contribution in [-0.2, 0) is 11.2 Å². The van der Waals surface area contributed by atoms with E-state index >= 15 is 0 Å². The van der Waals surface area contributed by atoms with Crippen LogP contribution in [0.1, 0.15) is 45.6 Å². The van der Waals surface area contributed by atoms with Crippen molar-refractivity contribution in [2.45, 2.75) is 46.5 Å². The van der Waals surface area contributed by atoms with Crippen molar-refractivity contribution < 1.29 is 13.6 Å². The van der Waals surface area contributed by atoms with E-state index in [-0.39, 0.29) is 11.3 Å². The zero-order valence-electron chi connectivity index (χ0n) is 13.7. The maximum absolute atomic E-state index is 13.2. The van der Waals surface area contributed by atoms with Crippen molar-refractivity contribution in [3.63, 3.8) is 0 Å². The SMILES string of the molecule is CC(C)(C)C(=O)N1CCC[C@H](CCc2ccc(F)c(F)c2)C1. The Morgan fingerprint density at radius 1 is 1.27 bits per heavy atom. The van der Waals surface area contributed by atoms with Gasteiger partial charge in [0.1, 0.15) is 0 Å². The van der Waals surface area contributed by atoms with Crippen LogP contribution in [0.25, 0.3) is 0 Å². The number of hydrogen-bond acceptors (Lipinski definition) is 1. The van der Waals surface area contributed by atoms with Gasteiger partial charge in [0, 0.05) is 18.5 Å². The van der Waals surface area contributed by atoms with Crippen molar-refractivity contribution >= 4 is 5.91 Å². The van der Waals surface area contributed by atoms with Crippen molar-refractivity contribution in [3.8, 4) is 0 Å². The lowest BCUT2D eigenvalue weighted by atomic mass is 9.88. The summed E-state index contributed by atoms with van der Waals surface area (Å²) in [4.78, 5) is 14.3. The molecule has 1 amide bonds. The first-order valence-corrected chi connectivity index (χ1v) is 8.00. The molecular formula is C18H25F2NO. The predicted molar refractivity (Wildman–Crippen MR) is 83.4 cm³/mol. The maximum Gasteiger partial charge on any atom is 0.227 e. The van der Waals surface area contributed by atoms with Crippen LogP contribution in [0.5, 0.6) is 0 Å². The van der Waals surface area contributed by atoms with Gasteiger partial charge in [0.05, 0.1) is 0 Å². The van der Waals surface area contributed by atoms with Gasteiger partial charge in [0.25, 0.3) is 0 Å². The van der Waals surface area contributed by atoms with Crippen LogP contribution < -0.4 is 0 Å². The van der Waals surface area contributed by atoms with E-state index in [0.29, 0.717) is 5.92 Å². The van der Waals surface area contributed by atoms with Gasteiger partial charge in [-0.3, -0.25) is 4.79 Å². The lowest BCUT2D eigenvalue weighted by molar-refractivity contribution is -0.141. The van der Waals surface area contributed by atoms with Crippen molar-refractivity contribution in [1.82, 2.24) is 4.90 Å².